The Morgan fingerprint density at radius 3 is 2.86 bits per heavy atom. The summed E-state index contributed by atoms with van der Waals surface area (Å²) in [5, 5.41) is 5.25. The van der Waals surface area contributed by atoms with Gasteiger partial charge in [-0.3, -0.25) is 0 Å². The minimum absolute atomic E-state index is 0.582. The standard InChI is InChI=1S/C20H23ClN6S2/c1-3-13(4-2)23-9-6-10-27-18-16(11-22-12-24-18)25-19(27)29-20-26-15-8-5-7-14(21)17(15)28-20/h5,7-8,11-13,23H,3-4,6,9-10H2,1-2H3. The van der Waals surface area contributed by atoms with Crippen molar-refractivity contribution in [2.45, 2.75) is 55.2 Å². The predicted octanol–water partition coefficient (Wildman–Crippen LogP) is 5.41. The first-order chi connectivity index (χ1) is 14.2. The van der Waals surface area contributed by atoms with Gasteiger partial charge in [-0.15, -0.1) is 11.3 Å². The van der Waals surface area contributed by atoms with Gasteiger partial charge in [-0.25, -0.2) is 19.9 Å². The molecule has 6 nitrogen and oxygen atoms in total. The molecule has 1 aromatic carbocycles. The van der Waals surface area contributed by atoms with E-state index in [-0.39, 0.29) is 0 Å². The highest BCUT2D eigenvalue weighted by Gasteiger charge is 2.16. The van der Waals surface area contributed by atoms with E-state index in [4.69, 9.17) is 21.6 Å². The Morgan fingerprint density at radius 1 is 1.21 bits per heavy atom. The number of thiazole rings is 1. The molecule has 0 fully saturated rings. The number of benzene rings is 1. The number of nitrogens with zero attached hydrogens (tertiary/aromatic N) is 5. The summed E-state index contributed by atoms with van der Waals surface area (Å²) in [6.45, 7) is 6.26. The molecule has 4 rings (SSSR count). The van der Waals surface area contributed by atoms with Crippen LogP contribution in [0, 0.1) is 0 Å². The van der Waals surface area contributed by atoms with Crippen LogP contribution in [0.5, 0.6) is 0 Å². The van der Waals surface area contributed by atoms with E-state index in [1.165, 1.54) is 0 Å². The Hall–Kier alpha value is -1.74. The third-order valence-electron chi connectivity index (χ3n) is 4.88. The van der Waals surface area contributed by atoms with Gasteiger partial charge in [-0.2, -0.15) is 0 Å². The fourth-order valence-electron chi connectivity index (χ4n) is 3.27. The van der Waals surface area contributed by atoms with Crippen LogP contribution in [0.1, 0.15) is 33.1 Å². The minimum atomic E-state index is 0.582. The molecular weight excluding hydrogens is 424 g/mol. The van der Waals surface area contributed by atoms with Gasteiger partial charge in [0.15, 0.2) is 15.1 Å². The fourth-order valence-corrected chi connectivity index (χ4v) is 5.63. The molecule has 4 aromatic rings. The van der Waals surface area contributed by atoms with E-state index in [9.17, 15) is 0 Å². The van der Waals surface area contributed by atoms with Crippen LogP contribution >= 0.6 is 34.7 Å². The average molecular weight is 447 g/mol. The van der Waals surface area contributed by atoms with E-state index in [0.29, 0.717) is 6.04 Å². The Kier molecular flexibility index (Phi) is 6.64. The zero-order valence-corrected chi connectivity index (χ0v) is 18.8. The minimum Gasteiger partial charge on any atom is -0.314 e. The highest BCUT2D eigenvalue weighted by molar-refractivity contribution is 8.01. The van der Waals surface area contributed by atoms with E-state index < -0.39 is 0 Å². The lowest BCUT2D eigenvalue weighted by molar-refractivity contribution is 0.462. The summed E-state index contributed by atoms with van der Waals surface area (Å²) in [5.74, 6) is 0. The molecular formula is C20H23ClN6S2. The summed E-state index contributed by atoms with van der Waals surface area (Å²) >= 11 is 9.47. The van der Waals surface area contributed by atoms with Crippen LogP contribution in [-0.2, 0) is 6.54 Å². The lowest BCUT2D eigenvalue weighted by Crippen LogP contribution is -2.29. The topological polar surface area (TPSA) is 68.5 Å². The maximum atomic E-state index is 6.32. The number of nitrogens with one attached hydrogen (secondary N) is 1. The van der Waals surface area contributed by atoms with Crippen LogP contribution in [0.3, 0.4) is 0 Å². The molecule has 0 atom stereocenters. The number of halogens is 1. The van der Waals surface area contributed by atoms with Crippen LogP contribution in [0.4, 0.5) is 0 Å². The number of rotatable bonds is 9. The van der Waals surface area contributed by atoms with E-state index in [2.05, 4.69) is 33.7 Å². The van der Waals surface area contributed by atoms with E-state index >= 15 is 0 Å². The van der Waals surface area contributed by atoms with Gasteiger partial charge in [0, 0.05) is 12.6 Å². The number of aryl methyl sites for hydroxylation is 1. The first-order valence-corrected chi connectivity index (χ1v) is 11.8. The van der Waals surface area contributed by atoms with Gasteiger partial charge < -0.3 is 9.88 Å². The van der Waals surface area contributed by atoms with Crippen molar-refractivity contribution in [2.24, 2.45) is 0 Å². The monoisotopic (exact) mass is 446 g/mol. The van der Waals surface area contributed by atoms with Gasteiger partial charge in [0.1, 0.15) is 11.8 Å². The first kappa shape index (κ1) is 20.5. The van der Waals surface area contributed by atoms with Gasteiger partial charge in [0.05, 0.1) is 21.4 Å². The quantitative estimate of drug-likeness (QED) is 0.347. The first-order valence-electron chi connectivity index (χ1n) is 9.82. The number of fused-ring (bicyclic) bond motifs is 2. The third kappa shape index (κ3) is 4.55. The van der Waals surface area contributed by atoms with Crippen molar-refractivity contribution in [3.63, 3.8) is 0 Å². The normalized spacial score (nSPS) is 11.9. The summed E-state index contributed by atoms with van der Waals surface area (Å²) in [5.41, 5.74) is 2.59. The van der Waals surface area contributed by atoms with Gasteiger partial charge in [0.2, 0.25) is 0 Å². The van der Waals surface area contributed by atoms with Crippen molar-refractivity contribution in [1.29, 1.82) is 0 Å². The summed E-state index contributed by atoms with van der Waals surface area (Å²) < 4.78 is 4.10. The van der Waals surface area contributed by atoms with Crippen molar-refractivity contribution in [3.8, 4) is 0 Å². The highest BCUT2D eigenvalue weighted by atomic mass is 35.5. The summed E-state index contributed by atoms with van der Waals surface area (Å²) in [7, 11) is 0. The Labute approximate surface area is 183 Å². The number of aromatic nitrogens is 5. The summed E-state index contributed by atoms with van der Waals surface area (Å²) in [6, 6.07) is 6.39. The number of hydrogen-bond donors (Lipinski definition) is 1. The van der Waals surface area contributed by atoms with Gasteiger partial charge in [0.25, 0.3) is 0 Å². The van der Waals surface area contributed by atoms with Crippen LogP contribution in [0.15, 0.2) is 40.2 Å². The molecule has 0 unspecified atom stereocenters. The van der Waals surface area contributed by atoms with Crippen molar-refractivity contribution < 1.29 is 0 Å². The third-order valence-corrected chi connectivity index (χ3v) is 7.46. The van der Waals surface area contributed by atoms with E-state index in [1.54, 1.807) is 35.6 Å². The molecule has 0 aliphatic heterocycles. The lowest BCUT2D eigenvalue weighted by Gasteiger charge is -2.15. The van der Waals surface area contributed by atoms with Gasteiger partial charge in [-0.05, 0) is 49.7 Å². The molecule has 0 spiro atoms. The SMILES string of the molecule is CCC(CC)NCCCn1c(Sc2nc3cccc(Cl)c3s2)nc2cncnc21. The molecule has 0 saturated carbocycles. The Bertz CT molecular complexity index is 1100. The average Bonchev–Trinajstić information content (AvgIpc) is 3.30. The summed E-state index contributed by atoms with van der Waals surface area (Å²) in [4.78, 5) is 18.1. The molecule has 9 heteroatoms. The molecule has 3 heterocycles. The second-order valence-corrected chi connectivity index (χ2v) is 9.39. The maximum absolute atomic E-state index is 6.32. The van der Waals surface area contributed by atoms with Crippen molar-refractivity contribution in [2.75, 3.05) is 6.54 Å². The smallest absolute Gasteiger partial charge is 0.177 e. The lowest BCUT2D eigenvalue weighted by atomic mass is 10.2. The molecule has 152 valence electrons. The molecule has 29 heavy (non-hydrogen) atoms. The van der Waals surface area contributed by atoms with Crippen LogP contribution < -0.4 is 5.32 Å². The largest absolute Gasteiger partial charge is 0.314 e. The molecule has 0 bridgehead atoms. The fraction of sp³-hybridized carbons (Fsp3) is 0.400. The molecule has 1 N–H and O–H groups in total. The second kappa shape index (κ2) is 9.38. The van der Waals surface area contributed by atoms with E-state index in [1.807, 2.05) is 18.2 Å². The van der Waals surface area contributed by atoms with Gasteiger partial charge in [-0.1, -0.05) is 31.5 Å². The van der Waals surface area contributed by atoms with Crippen LogP contribution in [0.25, 0.3) is 21.4 Å². The van der Waals surface area contributed by atoms with Crippen molar-refractivity contribution >= 4 is 56.1 Å². The molecule has 0 amide bonds. The van der Waals surface area contributed by atoms with Crippen molar-refractivity contribution in [1.82, 2.24) is 29.8 Å². The molecule has 0 saturated heterocycles. The second-order valence-electron chi connectivity index (χ2n) is 6.77. The molecule has 0 aliphatic rings. The Balaban J connectivity index is 1.56. The Morgan fingerprint density at radius 2 is 2.07 bits per heavy atom. The highest BCUT2D eigenvalue weighted by Crippen LogP contribution is 2.37. The van der Waals surface area contributed by atoms with Crippen LogP contribution in [0.2, 0.25) is 5.02 Å². The van der Waals surface area contributed by atoms with E-state index in [0.717, 1.165) is 68.3 Å². The molecule has 3 aromatic heterocycles. The zero-order valence-electron chi connectivity index (χ0n) is 16.4. The predicted molar refractivity (Wildman–Crippen MR) is 121 cm³/mol. The van der Waals surface area contributed by atoms with Gasteiger partial charge >= 0.3 is 0 Å². The molecule has 0 radical (unpaired) electrons. The molecule has 0 aliphatic carbocycles. The van der Waals surface area contributed by atoms with Crippen molar-refractivity contribution in [3.05, 3.63) is 35.7 Å². The summed E-state index contributed by atoms with van der Waals surface area (Å²) in [6.07, 6.45) is 6.65. The van der Waals surface area contributed by atoms with Crippen LogP contribution in [-0.4, -0.2) is 37.1 Å². The number of imidazole rings is 1. The number of hydrogen-bond acceptors (Lipinski definition) is 7. The zero-order chi connectivity index (χ0) is 20.2. The maximum Gasteiger partial charge on any atom is 0.177 e.